The fraction of sp³-hybridized carbons (Fsp3) is 0.714. The molecular weight excluding hydrogens is 302 g/mol. The molecule has 0 radical (unpaired) electrons. The minimum absolute atomic E-state index is 0.0882. The number of carboxylic acids is 1. The maximum atomic E-state index is 11.6. The van der Waals surface area contributed by atoms with Gasteiger partial charge in [-0.3, -0.25) is 0 Å². The smallest absolute Gasteiger partial charge is 0.407 e. The van der Waals surface area contributed by atoms with Gasteiger partial charge in [-0.05, 0) is 34.9 Å². The average Bonchev–Trinajstić information content (AvgIpc) is 2.77. The number of nitrogens with zero attached hydrogens (tertiary/aromatic N) is 4. The highest BCUT2D eigenvalue weighted by molar-refractivity contribution is 5.86. The summed E-state index contributed by atoms with van der Waals surface area (Å²) >= 11 is 0. The number of hydrogen-bond donors (Lipinski definition) is 2. The summed E-state index contributed by atoms with van der Waals surface area (Å²) in [6, 6.07) is 0. The Hall–Kier alpha value is -2.16. The topological polar surface area (TPSA) is 110 Å². The van der Waals surface area contributed by atoms with Crippen LogP contribution < -0.4 is 5.32 Å². The zero-order valence-electron chi connectivity index (χ0n) is 14.3. The van der Waals surface area contributed by atoms with Gasteiger partial charge in [0.15, 0.2) is 5.69 Å². The summed E-state index contributed by atoms with van der Waals surface area (Å²) in [6.45, 7) is 6.79. The third-order valence-electron chi connectivity index (χ3n) is 2.83. The maximum Gasteiger partial charge on any atom is 0.407 e. The summed E-state index contributed by atoms with van der Waals surface area (Å²) in [4.78, 5) is 24.8. The molecule has 1 amide bonds. The molecule has 0 saturated carbocycles. The van der Waals surface area contributed by atoms with Crippen molar-refractivity contribution in [1.82, 2.24) is 25.2 Å². The molecule has 1 heterocycles. The van der Waals surface area contributed by atoms with Crippen molar-refractivity contribution in [3.63, 3.8) is 0 Å². The van der Waals surface area contributed by atoms with E-state index in [9.17, 15) is 14.7 Å². The lowest BCUT2D eigenvalue weighted by atomic mass is 10.2. The minimum atomic E-state index is -1.13. The lowest BCUT2D eigenvalue weighted by Crippen LogP contribution is -2.34. The quantitative estimate of drug-likeness (QED) is 0.755. The van der Waals surface area contributed by atoms with Crippen LogP contribution in [0.15, 0.2) is 0 Å². The van der Waals surface area contributed by atoms with E-state index in [0.717, 1.165) is 0 Å². The van der Waals surface area contributed by atoms with Crippen LogP contribution in [0.4, 0.5) is 4.79 Å². The Balaban J connectivity index is 2.68. The molecule has 0 aliphatic rings. The summed E-state index contributed by atoms with van der Waals surface area (Å²) in [5, 5.41) is 19.4. The standard InChI is InChI=1S/C14H25N5O4/c1-14(2,3)23-13(22)15-7-6-10-11(12(20)21)16-17-19(10)9-8-18(4)5/h6-9H2,1-5H3,(H,15,22)(H,20,21). The molecule has 0 unspecified atom stereocenters. The van der Waals surface area contributed by atoms with Gasteiger partial charge in [-0.2, -0.15) is 0 Å². The van der Waals surface area contributed by atoms with E-state index >= 15 is 0 Å². The van der Waals surface area contributed by atoms with E-state index in [4.69, 9.17) is 4.74 Å². The number of ether oxygens (including phenoxy) is 1. The van der Waals surface area contributed by atoms with E-state index in [1.807, 2.05) is 19.0 Å². The van der Waals surface area contributed by atoms with E-state index in [0.29, 0.717) is 25.2 Å². The molecule has 0 spiro atoms. The van der Waals surface area contributed by atoms with Crippen LogP contribution in [0, 0.1) is 0 Å². The second kappa shape index (κ2) is 7.91. The van der Waals surface area contributed by atoms with Gasteiger partial charge in [0.2, 0.25) is 0 Å². The van der Waals surface area contributed by atoms with Gasteiger partial charge in [0.25, 0.3) is 0 Å². The number of carbonyl (C=O) groups is 2. The zero-order chi connectivity index (χ0) is 17.6. The number of carboxylic acid groups (broad SMARTS) is 1. The summed E-state index contributed by atoms with van der Waals surface area (Å²) in [5.74, 6) is -1.13. The molecule has 23 heavy (non-hydrogen) atoms. The van der Waals surface area contributed by atoms with Crippen molar-refractivity contribution in [2.75, 3.05) is 27.2 Å². The normalized spacial score (nSPS) is 11.6. The van der Waals surface area contributed by atoms with Gasteiger partial charge in [0.05, 0.1) is 12.2 Å². The Bertz CT molecular complexity index is 548. The number of amides is 1. The van der Waals surface area contributed by atoms with Crippen LogP contribution in [0.5, 0.6) is 0 Å². The summed E-state index contributed by atoms with van der Waals surface area (Å²) < 4.78 is 6.69. The Morgan fingerprint density at radius 3 is 2.52 bits per heavy atom. The molecule has 9 heteroatoms. The molecule has 0 aliphatic heterocycles. The predicted octanol–water partition coefficient (Wildman–Crippen LogP) is 0.605. The molecule has 0 fully saturated rings. The molecule has 130 valence electrons. The van der Waals surface area contributed by atoms with E-state index in [-0.39, 0.29) is 12.2 Å². The largest absolute Gasteiger partial charge is 0.476 e. The fourth-order valence-electron chi connectivity index (χ4n) is 1.82. The molecule has 0 bridgehead atoms. The van der Waals surface area contributed by atoms with Crippen molar-refractivity contribution in [3.8, 4) is 0 Å². The van der Waals surface area contributed by atoms with Crippen LogP contribution >= 0.6 is 0 Å². The molecule has 1 aromatic heterocycles. The van der Waals surface area contributed by atoms with Gasteiger partial charge in [0.1, 0.15) is 5.60 Å². The molecule has 0 aromatic carbocycles. The number of aromatic carboxylic acids is 1. The van der Waals surface area contributed by atoms with Crippen molar-refractivity contribution in [1.29, 1.82) is 0 Å². The van der Waals surface area contributed by atoms with E-state index < -0.39 is 17.7 Å². The highest BCUT2D eigenvalue weighted by Gasteiger charge is 2.20. The molecule has 1 rings (SSSR count). The zero-order valence-corrected chi connectivity index (χ0v) is 14.3. The van der Waals surface area contributed by atoms with Gasteiger partial charge in [0, 0.05) is 19.5 Å². The Kier molecular flexibility index (Phi) is 6.49. The Labute approximate surface area is 135 Å². The number of nitrogens with one attached hydrogen (secondary N) is 1. The van der Waals surface area contributed by atoms with Crippen molar-refractivity contribution in [2.24, 2.45) is 0 Å². The molecule has 0 saturated heterocycles. The van der Waals surface area contributed by atoms with Crippen molar-refractivity contribution in [2.45, 2.75) is 39.3 Å². The fourth-order valence-corrected chi connectivity index (χ4v) is 1.82. The number of hydrogen-bond acceptors (Lipinski definition) is 6. The summed E-state index contributed by atoms with van der Waals surface area (Å²) in [7, 11) is 3.83. The first-order valence-corrected chi connectivity index (χ1v) is 7.37. The van der Waals surface area contributed by atoms with E-state index in [2.05, 4.69) is 15.6 Å². The van der Waals surface area contributed by atoms with Crippen LogP contribution in [0.1, 0.15) is 37.0 Å². The number of rotatable bonds is 7. The van der Waals surface area contributed by atoms with E-state index in [1.54, 1.807) is 25.5 Å². The van der Waals surface area contributed by atoms with Gasteiger partial charge >= 0.3 is 12.1 Å². The SMILES string of the molecule is CN(C)CCn1nnc(C(=O)O)c1CCNC(=O)OC(C)(C)C. The number of carbonyl (C=O) groups excluding carboxylic acids is 1. The first kappa shape index (κ1) is 18.9. The van der Waals surface area contributed by atoms with Gasteiger partial charge in [-0.1, -0.05) is 5.21 Å². The third kappa shape index (κ3) is 6.64. The molecule has 0 atom stereocenters. The van der Waals surface area contributed by atoms with Crippen LogP contribution in [0.2, 0.25) is 0 Å². The number of aromatic nitrogens is 3. The first-order valence-electron chi connectivity index (χ1n) is 7.37. The van der Waals surface area contributed by atoms with Gasteiger partial charge in [-0.25, -0.2) is 14.3 Å². The number of likely N-dealkylation sites (N-methyl/N-ethyl adjacent to an activating group) is 1. The maximum absolute atomic E-state index is 11.6. The van der Waals surface area contributed by atoms with Crippen LogP contribution in [0.25, 0.3) is 0 Å². The third-order valence-corrected chi connectivity index (χ3v) is 2.83. The highest BCUT2D eigenvalue weighted by atomic mass is 16.6. The van der Waals surface area contributed by atoms with E-state index in [1.165, 1.54) is 0 Å². The van der Waals surface area contributed by atoms with Crippen molar-refractivity contribution < 1.29 is 19.4 Å². The average molecular weight is 327 g/mol. The monoisotopic (exact) mass is 327 g/mol. The lowest BCUT2D eigenvalue weighted by Gasteiger charge is -2.19. The summed E-state index contributed by atoms with van der Waals surface area (Å²) in [5.41, 5.74) is -0.184. The predicted molar refractivity (Wildman–Crippen MR) is 83.5 cm³/mol. The molecule has 0 aliphatic carbocycles. The second-order valence-electron chi connectivity index (χ2n) is 6.39. The highest BCUT2D eigenvalue weighted by Crippen LogP contribution is 2.08. The first-order chi connectivity index (χ1) is 10.6. The molecule has 2 N–H and O–H groups in total. The van der Waals surface area contributed by atoms with Crippen LogP contribution in [0.3, 0.4) is 0 Å². The summed E-state index contributed by atoms with van der Waals surface area (Å²) in [6.07, 6.45) is -0.233. The van der Waals surface area contributed by atoms with Gasteiger partial charge < -0.3 is 20.1 Å². The lowest BCUT2D eigenvalue weighted by molar-refractivity contribution is 0.0528. The van der Waals surface area contributed by atoms with Gasteiger partial charge in [-0.15, -0.1) is 5.10 Å². The molecule has 9 nitrogen and oxygen atoms in total. The number of alkyl carbamates (subject to hydrolysis) is 1. The Morgan fingerprint density at radius 1 is 1.35 bits per heavy atom. The minimum Gasteiger partial charge on any atom is -0.476 e. The van der Waals surface area contributed by atoms with Crippen molar-refractivity contribution >= 4 is 12.1 Å². The van der Waals surface area contributed by atoms with Crippen molar-refractivity contribution in [3.05, 3.63) is 11.4 Å². The Morgan fingerprint density at radius 2 is 2.00 bits per heavy atom. The molecular formula is C14H25N5O4. The van der Waals surface area contributed by atoms with Crippen LogP contribution in [-0.4, -0.2) is 69.8 Å². The van der Waals surface area contributed by atoms with Crippen LogP contribution in [-0.2, 0) is 17.7 Å². The second-order valence-corrected chi connectivity index (χ2v) is 6.39. The molecule has 1 aromatic rings.